The molecule has 0 aliphatic heterocycles. The number of thiophene rings is 1. The summed E-state index contributed by atoms with van der Waals surface area (Å²) in [6.45, 7) is 1.88. The Labute approximate surface area is 154 Å². The molecule has 0 bridgehead atoms. The highest BCUT2D eigenvalue weighted by molar-refractivity contribution is 7.10. The molecule has 1 aromatic heterocycles. The zero-order valence-electron chi connectivity index (χ0n) is 15.0. The first-order valence-electron chi connectivity index (χ1n) is 8.62. The summed E-state index contributed by atoms with van der Waals surface area (Å²) in [4.78, 5) is 1.26. The van der Waals surface area contributed by atoms with Crippen molar-refractivity contribution in [2.24, 2.45) is 5.73 Å². The smallest absolute Gasteiger partial charge is 0.118 e. The number of benzene rings is 1. The number of hydrogen-bond donors (Lipinski definition) is 2. The molecule has 0 saturated heterocycles. The second kappa shape index (κ2) is 9.62. The fraction of sp³-hybridized carbons (Fsp3) is 0.429. The second-order valence-electron chi connectivity index (χ2n) is 6.57. The van der Waals surface area contributed by atoms with Crippen LogP contribution in [-0.4, -0.2) is 24.4 Å². The standard InChI is InChI=1S/C21H27NO2S/c1-21(22,16-23)14-12-20-18(13-15-25-20)7-5-3-4-6-17-8-10-19(24-2)11-9-17/h8-11,13,15,23H,3-4,6,12,14,16,22H2,1-2H3. The number of nitrogens with two attached hydrogens (primary N) is 1. The predicted molar refractivity (Wildman–Crippen MR) is 105 cm³/mol. The maximum absolute atomic E-state index is 9.26. The zero-order valence-corrected chi connectivity index (χ0v) is 15.9. The van der Waals surface area contributed by atoms with Crippen LogP contribution in [0.3, 0.4) is 0 Å². The molecule has 0 saturated carbocycles. The average Bonchev–Trinajstić information content (AvgIpc) is 3.08. The molecule has 1 unspecified atom stereocenters. The molecule has 0 amide bonds. The molecule has 1 aromatic carbocycles. The summed E-state index contributed by atoms with van der Waals surface area (Å²) in [6.07, 6.45) is 4.57. The predicted octanol–water partition coefficient (Wildman–Crippen LogP) is 3.77. The Hall–Kier alpha value is -1.80. The normalized spacial score (nSPS) is 13.0. The van der Waals surface area contributed by atoms with Crippen LogP contribution in [0.15, 0.2) is 35.7 Å². The van der Waals surface area contributed by atoms with Crippen molar-refractivity contribution >= 4 is 11.3 Å². The number of aliphatic hydroxyl groups excluding tert-OH is 1. The third-order valence-corrected chi connectivity index (χ3v) is 5.16. The number of ether oxygens (including phenoxy) is 1. The third-order valence-electron chi connectivity index (χ3n) is 4.18. The van der Waals surface area contributed by atoms with Gasteiger partial charge in [-0.25, -0.2) is 0 Å². The lowest BCUT2D eigenvalue weighted by Crippen LogP contribution is -2.40. The van der Waals surface area contributed by atoms with Crippen LogP contribution < -0.4 is 10.5 Å². The molecule has 1 heterocycles. The summed E-state index contributed by atoms with van der Waals surface area (Å²) >= 11 is 1.71. The van der Waals surface area contributed by atoms with Gasteiger partial charge >= 0.3 is 0 Å². The van der Waals surface area contributed by atoms with Crippen LogP contribution in [0.1, 0.15) is 42.2 Å². The van der Waals surface area contributed by atoms with Gasteiger partial charge in [-0.15, -0.1) is 11.3 Å². The van der Waals surface area contributed by atoms with Gasteiger partial charge in [-0.1, -0.05) is 24.0 Å². The quantitative estimate of drug-likeness (QED) is 0.558. The van der Waals surface area contributed by atoms with Gasteiger partial charge in [0.2, 0.25) is 0 Å². The van der Waals surface area contributed by atoms with Gasteiger partial charge in [0.25, 0.3) is 0 Å². The highest BCUT2D eigenvalue weighted by Gasteiger charge is 2.17. The molecule has 0 radical (unpaired) electrons. The molecule has 25 heavy (non-hydrogen) atoms. The van der Waals surface area contributed by atoms with E-state index in [1.54, 1.807) is 18.4 Å². The van der Waals surface area contributed by atoms with Crippen molar-refractivity contribution < 1.29 is 9.84 Å². The Morgan fingerprint density at radius 3 is 2.64 bits per heavy atom. The number of hydrogen-bond acceptors (Lipinski definition) is 4. The fourth-order valence-corrected chi connectivity index (χ4v) is 3.29. The number of aryl methyl sites for hydroxylation is 2. The van der Waals surface area contributed by atoms with E-state index < -0.39 is 5.54 Å². The minimum Gasteiger partial charge on any atom is -0.497 e. The van der Waals surface area contributed by atoms with E-state index >= 15 is 0 Å². The van der Waals surface area contributed by atoms with E-state index in [2.05, 4.69) is 35.4 Å². The Morgan fingerprint density at radius 1 is 1.20 bits per heavy atom. The number of rotatable bonds is 8. The minimum atomic E-state index is -0.521. The van der Waals surface area contributed by atoms with Gasteiger partial charge in [0.05, 0.1) is 13.7 Å². The van der Waals surface area contributed by atoms with Crippen LogP contribution in [0.2, 0.25) is 0 Å². The van der Waals surface area contributed by atoms with Crippen LogP contribution in [0, 0.1) is 11.8 Å². The summed E-state index contributed by atoms with van der Waals surface area (Å²) in [6, 6.07) is 10.3. The Balaban J connectivity index is 1.80. The summed E-state index contributed by atoms with van der Waals surface area (Å²) in [7, 11) is 1.68. The van der Waals surface area contributed by atoms with Crippen molar-refractivity contribution in [3.63, 3.8) is 0 Å². The molecule has 1 atom stereocenters. The maximum Gasteiger partial charge on any atom is 0.118 e. The summed E-state index contributed by atoms with van der Waals surface area (Å²) < 4.78 is 5.17. The van der Waals surface area contributed by atoms with E-state index in [9.17, 15) is 5.11 Å². The van der Waals surface area contributed by atoms with Gasteiger partial charge in [0.15, 0.2) is 0 Å². The lowest BCUT2D eigenvalue weighted by molar-refractivity contribution is 0.201. The van der Waals surface area contributed by atoms with Gasteiger partial charge in [0, 0.05) is 22.4 Å². The summed E-state index contributed by atoms with van der Waals surface area (Å²) in [5.74, 6) is 7.46. The molecule has 4 heteroatoms. The molecular weight excluding hydrogens is 330 g/mol. The molecule has 2 rings (SSSR count). The first-order valence-corrected chi connectivity index (χ1v) is 9.50. The molecular formula is C21H27NO2S. The monoisotopic (exact) mass is 357 g/mol. The summed E-state index contributed by atoms with van der Waals surface area (Å²) in [5.41, 5.74) is 7.90. The summed E-state index contributed by atoms with van der Waals surface area (Å²) in [5, 5.41) is 11.3. The van der Waals surface area contributed by atoms with Gasteiger partial charge in [-0.2, -0.15) is 0 Å². The third kappa shape index (κ3) is 6.55. The zero-order chi connectivity index (χ0) is 18.1. The first kappa shape index (κ1) is 19.5. The van der Waals surface area contributed by atoms with Crippen molar-refractivity contribution in [3.8, 4) is 17.6 Å². The van der Waals surface area contributed by atoms with E-state index in [4.69, 9.17) is 10.5 Å². The molecule has 3 nitrogen and oxygen atoms in total. The molecule has 0 aliphatic carbocycles. The van der Waals surface area contributed by atoms with Gasteiger partial charge < -0.3 is 15.6 Å². The Kier molecular flexibility index (Phi) is 7.52. The van der Waals surface area contributed by atoms with Crippen LogP contribution in [-0.2, 0) is 12.8 Å². The average molecular weight is 358 g/mol. The maximum atomic E-state index is 9.26. The number of aliphatic hydroxyl groups is 1. The van der Waals surface area contributed by atoms with Crippen molar-refractivity contribution in [2.75, 3.05) is 13.7 Å². The molecule has 2 aromatic rings. The van der Waals surface area contributed by atoms with Gasteiger partial charge in [0.1, 0.15) is 5.75 Å². The van der Waals surface area contributed by atoms with Crippen molar-refractivity contribution in [3.05, 3.63) is 51.7 Å². The molecule has 0 aliphatic rings. The van der Waals surface area contributed by atoms with E-state index in [1.165, 1.54) is 10.4 Å². The van der Waals surface area contributed by atoms with E-state index in [0.717, 1.165) is 43.4 Å². The number of methoxy groups -OCH3 is 1. The van der Waals surface area contributed by atoms with Crippen LogP contribution in [0.25, 0.3) is 0 Å². The molecule has 134 valence electrons. The second-order valence-corrected chi connectivity index (χ2v) is 7.57. The highest BCUT2D eigenvalue weighted by Crippen LogP contribution is 2.20. The van der Waals surface area contributed by atoms with E-state index in [-0.39, 0.29) is 6.61 Å². The number of unbranched alkanes of at least 4 members (excludes halogenated alkanes) is 1. The van der Waals surface area contributed by atoms with E-state index in [0.29, 0.717) is 0 Å². The van der Waals surface area contributed by atoms with Crippen molar-refractivity contribution in [2.45, 2.75) is 44.6 Å². The molecule has 0 spiro atoms. The van der Waals surface area contributed by atoms with Crippen LogP contribution in [0.5, 0.6) is 5.75 Å². The van der Waals surface area contributed by atoms with Crippen molar-refractivity contribution in [1.29, 1.82) is 0 Å². The fourth-order valence-electron chi connectivity index (χ4n) is 2.45. The molecule has 0 fully saturated rings. The van der Waals surface area contributed by atoms with Crippen LogP contribution in [0.4, 0.5) is 0 Å². The minimum absolute atomic E-state index is 0.00471. The lowest BCUT2D eigenvalue weighted by Gasteiger charge is -2.20. The van der Waals surface area contributed by atoms with Crippen molar-refractivity contribution in [1.82, 2.24) is 0 Å². The Bertz CT molecular complexity index is 707. The highest BCUT2D eigenvalue weighted by atomic mass is 32.1. The topological polar surface area (TPSA) is 55.5 Å². The van der Waals surface area contributed by atoms with Gasteiger partial charge in [-0.3, -0.25) is 0 Å². The lowest BCUT2D eigenvalue weighted by atomic mass is 9.97. The largest absolute Gasteiger partial charge is 0.497 e. The van der Waals surface area contributed by atoms with E-state index in [1.807, 2.05) is 19.1 Å². The van der Waals surface area contributed by atoms with Gasteiger partial charge in [-0.05, 0) is 61.7 Å². The Morgan fingerprint density at radius 2 is 1.96 bits per heavy atom. The first-order chi connectivity index (χ1) is 12.0. The van der Waals surface area contributed by atoms with Crippen LogP contribution >= 0.6 is 11.3 Å². The SMILES string of the molecule is COc1ccc(CCCC#Cc2ccsc2CCC(C)(N)CO)cc1. The molecule has 3 N–H and O–H groups in total.